The number of nitrogens with one attached hydrogen (secondary N) is 1. The van der Waals surface area contributed by atoms with E-state index in [9.17, 15) is 4.79 Å². The first-order valence-electron chi connectivity index (χ1n) is 6.65. The van der Waals surface area contributed by atoms with Crippen LogP contribution in [0.4, 0.5) is 5.95 Å². The normalized spacial score (nSPS) is 12.0. The van der Waals surface area contributed by atoms with Crippen molar-refractivity contribution in [3.63, 3.8) is 0 Å². The highest BCUT2D eigenvalue weighted by Gasteiger charge is 2.11. The molecule has 0 fully saturated rings. The topological polar surface area (TPSA) is 105 Å². The van der Waals surface area contributed by atoms with Crippen molar-refractivity contribution in [1.29, 1.82) is 0 Å². The minimum absolute atomic E-state index is 0.142. The van der Waals surface area contributed by atoms with Crippen molar-refractivity contribution < 1.29 is 9.90 Å². The molecule has 0 aliphatic heterocycles. The molecule has 2 aromatic heterocycles. The minimum atomic E-state index is -0.939. The van der Waals surface area contributed by atoms with Crippen molar-refractivity contribution in [2.24, 2.45) is 12.1 Å². The summed E-state index contributed by atoms with van der Waals surface area (Å²) in [4.78, 5) is 15.0. The molecule has 0 radical (unpaired) electrons. The van der Waals surface area contributed by atoms with Crippen LogP contribution in [0.1, 0.15) is 13.3 Å². The third-order valence-electron chi connectivity index (χ3n) is 3.26. The van der Waals surface area contributed by atoms with Crippen molar-refractivity contribution in [2.75, 3.05) is 5.43 Å². The second-order valence-electron chi connectivity index (χ2n) is 4.91. The van der Waals surface area contributed by atoms with Crippen molar-refractivity contribution >= 4 is 39.7 Å². The van der Waals surface area contributed by atoms with Gasteiger partial charge in [0.15, 0.2) is 5.65 Å². The van der Waals surface area contributed by atoms with E-state index in [1.54, 1.807) is 6.92 Å². The molecule has 22 heavy (non-hydrogen) atoms. The number of nitrogens with zero attached hydrogens (tertiary/aromatic N) is 5. The Kier molecular flexibility index (Phi) is 3.42. The van der Waals surface area contributed by atoms with Crippen LogP contribution in [-0.2, 0) is 11.8 Å². The predicted molar refractivity (Wildman–Crippen MR) is 82.8 cm³/mol. The fourth-order valence-corrected chi connectivity index (χ4v) is 2.26. The average Bonchev–Trinajstić information content (AvgIpc) is 2.78. The molecule has 0 aliphatic rings. The zero-order chi connectivity index (χ0) is 15.7. The SMILES string of the molecule is C/C(CC(=O)O)=N/Nc1nnc2c3ccccc3n(C)c2n1. The molecule has 2 heterocycles. The molecular weight excluding hydrogens is 284 g/mol. The van der Waals surface area contributed by atoms with Gasteiger partial charge in [-0.2, -0.15) is 10.1 Å². The van der Waals surface area contributed by atoms with Gasteiger partial charge in [0.2, 0.25) is 0 Å². The van der Waals surface area contributed by atoms with Crippen LogP contribution < -0.4 is 5.43 Å². The molecule has 0 spiro atoms. The standard InChI is InChI=1S/C14H14N6O2/c1-8(7-11(21)22)16-18-14-15-13-12(17-19-14)9-5-3-4-6-10(9)20(13)2/h3-6H,7H2,1-2H3,(H,21,22)(H,15,18,19)/b16-8-. The van der Waals surface area contributed by atoms with E-state index in [0.29, 0.717) is 11.4 Å². The molecule has 0 saturated heterocycles. The summed E-state index contributed by atoms with van der Waals surface area (Å²) in [6.07, 6.45) is -0.142. The number of rotatable bonds is 4. The quantitative estimate of drug-likeness (QED) is 0.562. The fraction of sp³-hybridized carbons (Fsp3) is 0.214. The summed E-state index contributed by atoms with van der Waals surface area (Å²) in [5, 5.41) is 21.8. The number of carbonyl (C=O) groups is 1. The van der Waals surface area contributed by atoms with Crippen LogP contribution in [0.15, 0.2) is 29.4 Å². The van der Waals surface area contributed by atoms with Crippen LogP contribution in [0.2, 0.25) is 0 Å². The van der Waals surface area contributed by atoms with Crippen molar-refractivity contribution in [2.45, 2.75) is 13.3 Å². The van der Waals surface area contributed by atoms with Gasteiger partial charge < -0.3 is 9.67 Å². The van der Waals surface area contributed by atoms with E-state index in [1.807, 2.05) is 35.9 Å². The first-order valence-corrected chi connectivity index (χ1v) is 6.65. The van der Waals surface area contributed by atoms with Crippen LogP contribution in [0, 0.1) is 0 Å². The molecule has 1 aromatic carbocycles. The number of carboxylic acid groups (broad SMARTS) is 1. The molecule has 0 bridgehead atoms. The van der Waals surface area contributed by atoms with Gasteiger partial charge in [0.25, 0.3) is 5.95 Å². The van der Waals surface area contributed by atoms with Crippen LogP contribution in [0.5, 0.6) is 0 Å². The Morgan fingerprint density at radius 1 is 1.36 bits per heavy atom. The second-order valence-corrected chi connectivity index (χ2v) is 4.91. The summed E-state index contributed by atoms with van der Waals surface area (Å²) in [7, 11) is 1.90. The number of hydrogen-bond acceptors (Lipinski definition) is 6. The minimum Gasteiger partial charge on any atom is -0.481 e. The maximum Gasteiger partial charge on any atom is 0.309 e. The van der Waals surface area contributed by atoms with Crippen molar-refractivity contribution in [1.82, 2.24) is 19.7 Å². The third-order valence-corrected chi connectivity index (χ3v) is 3.26. The second kappa shape index (κ2) is 5.40. The first kappa shape index (κ1) is 13.9. The summed E-state index contributed by atoms with van der Waals surface area (Å²) < 4.78 is 1.93. The molecule has 2 N–H and O–H groups in total. The van der Waals surface area contributed by atoms with Gasteiger partial charge in [-0.3, -0.25) is 4.79 Å². The van der Waals surface area contributed by atoms with Gasteiger partial charge in [-0.05, 0) is 13.0 Å². The van der Waals surface area contributed by atoms with E-state index >= 15 is 0 Å². The maximum atomic E-state index is 10.6. The predicted octanol–water partition coefficient (Wildman–Crippen LogP) is 1.78. The van der Waals surface area contributed by atoms with Gasteiger partial charge >= 0.3 is 5.97 Å². The summed E-state index contributed by atoms with van der Waals surface area (Å²) >= 11 is 0. The van der Waals surface area contributed by atoms with E-state index in [0.717, 1.165) is 16.4 Å². The molecular formula is C14H14N6O2. The number of aliphatic carboxylic acids is 1. The van der Waals surface area contributed by atoms with Crippen LogP contribution in [-0.4, -0.2) is 36.5 Å². The number of carboxylic acids is 1. The zero-order valence-electron chi connectivity index (χ0n) is 12.1. The zero-order valence-corrected chi connectivity index (χ0v) is 12.1. The molecule has 8 nitrogen and oxygen atoms in total. The molecule has 3 rings (SSSR count). The van der Waals surface area contributed by atoms with Crippen LogP contribution >= 0.6 is 0 Å². The summed E-state index contributed by atoms with van der Waals surface area (Å²) in [5.41, 5.74) is 5.48. The van der Waals surface area contributed by atoms with E-state index in [2.05, 4.69) is 25.7 Å². The number of aryl methyl sites for hydroxylation is 1. The average molecular weight is 298 g/mol. The first-order chi connectivity index (χ1) is 10.6. The largest absolute Gasteiger partial charge is 0.481 e. The van der Waals surface area contributed by atoms with Gasteiger partial charge in [-0.25, -0.2) is 5.43 Å². The molecule has 8 heteroatoms. The molecule has 3 aromatic rings. The third kappa shape index (κ3) is 2.46. The Morgan fingerprint density at radius 2 is 2.14 bits per heavy atom. The number of benzene rings is 1. The lowest BCUT2D eigenvalue weighted by Crippen LogP contribution is -2.07. The number of fused-ring (bicyclic) bond motifs is 3. The highest BCUT2D eigenvalue weighted by Crippen LogP contribution is 2.24. The lowest BCUT2D eigenvalue weighted by atomic mass is 10.2. The molecule has 0 unspecified atom stereocenters. The van der Waals surface area contributed by atoms with Gasteiger partial charge in [0, 0.05) is 18.1 Å². The lowest BCUT2D eigenvalue weighted by Gasteiger charge is -2.01. The molecule has 0 amide bonds. The molecule has 0 saturated carbocycles. The van der Waals surface area contributed by atoms with Gasteiger partial charge in [-0.1, -0.05) is 18.2 Å². The van der Waals surface area contributed by atoms with Gasteiger partial charge in [0.1, 0.15) is 5.52 Å². The summed E-state index contributed by atoms with van der Waals surface area (Å²) in [6.45, 7) is 1.61. The van der Waals surface area contributed by atoms with E-state index < -0.39 is 5.97 Å². The van der Waals surface area contributed by atoms with E-state index in [1.165, 1.54) is 0 Å². The Bertz CT molecular complexity index is 899. The monoisotopic (exact) mass is 298 g/mol. The van der Waals surface area contributed by atoms with E-state index in [4.69, 9.17) is 5.11 Å². The molecule has 112 valence electrons. The number of hydrogen-bond donors (Lipinski definition) is 2. The Morgan fingerprint density at radius 3 is 2.91 bits per heavy atom. The Hall–Kier alpha value is -3.03. The van der Waals surface area contributed by atoms with Gasteiger partial charge in [0.05, 0.1) is 11.9 Å². The molecule has 0 atom stereocenters. The fourth-order valence-electron chi connectivity index (χ4n) is 2.26. The number of anilines is 1. The van der Waals surface area contributed by atoms with E-state index in [-0.39, 0.29) is 12.4 Å². The smallest absolute Gasteiger partial charge is 0.309 e. The highest BCUT2D eigenvalue weighted by atomic mass is 16.4. The summed E-state index contributed by atoms with van der Waals surface area (Å²) in [5.74, 6) is -0.714. The molecule has 0 aliphatic carbocycles. The van der Waals surface area contributed by atoms with Crippen LogP contribution in [0.25, 0.3) is 22.1 Å². The number of hydrazone groups is 1. The Balaban J connectivity index is 1.98. The highest BCUT2D eigenvalue weighted by molar-refractivity contribution is 6.04. The number of para-hydroxylation sites is 1. The number of aromatic nitrogens is 4. The van der Waals surface area contributed by atoms with Crippen molar-refractivity contribution in [3.8, 4) is 0 Å². The van der Waals surface area contributed by atoms with Gasteiger partial charge in [-0.15, -0.1) is 10.2 Å². The van der Waals surface area contributed by atoms with Crippen molar-refractivity contribution in [3.05, 3.63) is 24.3 Å². The summed E-state index contributed by atoms with van der Waals surface area (Å²) in [6, 6.07) is 7.85. The van der Waals surface area contributed by atoms with Crippen LogP contribution in [0.3, 0.4) is 0 Å². The Labute approximate surface area is 125 Å². The lowest BCUT2D eigenvalue weighted by molar-refractivity contribution is -0.135. The maximum absolute atomic E-state index is 10.6.